The highest BCUT2D eigenvalue weighted by atomic mass is 19.3. The third kappa shape index (κ3) is 2.66. The largest absolute Gasteiger partial charge is 0.435 e. The van der Waals surface area contributed by atoms with Crippen molar-refractivity contribution in [1.29, 1.82) is 0 Å². The smallest absolute Gasteiger partial charge is 0.387 e. The van der Waals surface area contributed by atoms with Crippen molar-refractivity contribution < 1.29 is 17.9 Å². The molecule has 0 aliphatic rings. The molecule has 0 aliphatic heterocycles. The molecular weight excluding hydrogens is 323 g/mol. The van der Waals surface area contributed by atoms with Crippen LogP contribution in [0.4, 0.5) is 19.0 Å². The molecule has 3 aromatic rings. The molecule has 0 amide bonds. The Balaban J connectivity index is 2.37. The Kier molecular flexibility index (Phi) is 3.88. The number of halogens is 3. The van der Waals surface area contributed by atoms with Gasteiger partial charge < -0.3 is 10.5 Å². The number of alkyl halides is 2. The molecule has 0 saturated heterocycles. The summed E-state index contributed by atoms with van der Waals surface area (Å²) >= 11 is 0. The van der Waals surface area contributed by atoms with Crippen LogP contribution in [0.2, 0.25) is 0 Å². The van der Waals surface area contributed by atoms with Crippen molar-refractivity contribution in [2.45, 2.75) is 13.5 Å². The Morgan fingerprint density at radius 3 is 2.71 bits per heavy atom. The van der Waals surface area contributed by atoms with Crippen LogP contribution in [0.5, 0.6) is 5.75 Å². The molecule has 0 radical (unpaired) electrons. The summed E-state index contributed by atoms with van der Waals surface area (Å²) in [6.07, 6.45) is 0. The molecule has 2 N–H and O–H groups in total. The Morgan fingerprint density at radius 2 is 2.00 bits per heavy atom. The van der Waals surface area contributed by atoms with Crippen molar-refractivity contribution in [1.82, 2.24) is 9.55 Å². The van der Waals surface area contributed by atoms with Gasteiger partial charge in [0.25, 0.3) is 0 Å². The van der Waals surface area contributed by atoms with Gasteiger partial charge in [-0.3, -0.25) is 4.57 Å². The van der Waals surface area contributed by atoms with E-state index in [0.29, 0.717) is 5.39 Å². The van der Waals surface area contributed by atoms with Crippen LogP contribution < -0.4 is 16.2 Å². The summed E-state index contributed by atoms with van der Waals surface area (Å²) in [6.45, 7) is -1.52. The number of rotatable bonds is 3. The minimum atomic E-state index is -3.02. The number of anilines is 1. The van der Waals surface area contributed by atoms with E-state index in [9.17, 15) is 18.0 Å². The average Bonchev–Trinajstić information content (AvgIpc) is 2.50. The molecule has 24 heavy (non-hydrogen) atoms. The van der Waals surface area contributed by atoms with Crippen LogP contribution in [-0.4, -0.2) is 16.2 Å². The van der Waals surface area contributed by atoms with Gasteiger partial charge in [0.2, 0.25) is 0 Å². The molecule has 0 fully saturated rings. The van der Waals surface area contributed by atoms with E-state index >= 15 is 0 Å². The number of fused-ring (bicyclic) bond motifs is 1. The minimum Gasteiger partial charge on any atom is -0.435 e. The summed E-state index contributed by atoms with van der Waals surface area (Å²) in [6, 6.07) is 8.16. The van der Waals surface area contributed by atoms with Gasteiger partial charge >= 0.3 is 12.3 Å². The summed E-state index contributed by atoms with van der Waals surface area (Å²) in [4.78, 5) is 16.0. The topological polar surface area (TPSA) is 70.1 Å². The maximum absolute atomic E-state index is 13.8. The van der Waals surface area contributed by atoms with Gasteiger partial charge in [0, 0.05) is 17.0 Å². The van der Waals surface area contributed by atoms with Gasteiger partial charge in [-0.25, -0.2) is 9.18 Å². The van der Waals surface area contributed by atoms with Gasteiger partial charge in [-0.15, -0.1) is 0 Å². The predicted molar refractivity (Wildman–Crippen MR) is 83.1 cm³/mol. The number of benzene rings is 2. The van der Waals surface area contributed by atoms with E-state index in [0.717, 1.165) is 4.57 Å². The average molecular weight is 335 g/mol. The first-order chi connectivity index (χ1) is 11.4. The number of hydrogen-bond donors (Lipinski definition) is 1. The van der Waals surface area contributed by atoms with Crippen molar-refractivity contribution >= 4 is 16.7 Å². The Bertz CT molecular complexity index is 986. The summed E-state index contributed by atoms with van der Waals surface area (Å²) < 4.78 is 44.2. The zero-order valence-electron chi connectivity index (χ0n) is 12.5. The highest BCUT2D eigenvalue weighted by Gasteiger charge is 2.15. The first kappa shape index (κ1) is 15.9. The molecule has 0 saturated carbocycles. The maximum Gasteiger partial charge on any atom is 0.387 e. The summed E-state index contributed by atoms with van der Waals surface area (Å²) in [7, 11) is 0. The summed E-state index contributed by atoms with van der Waals surface area (Å²) in [5, 5.41) is 0.361. The molecule has 5 nitrogen and oxygen atoms in total. The SMILES string of the molecule is Cc1c(F)cccc1-n1c(=O)nc(N)c2ccc(OC(F)F)cc21. The molecule has 124 valence electrons. The van der Waals surface area contributed by atoms with Crippen molar-refractivity contribution in [3.8, 4) is 11.4 Å². The highest BCUT2D eigenvalue weighted by Crippen LogP contribution is 2.27. The minimum absolute atomic E-state index is 0.0519. The molecule has 8 heteroatoms. The number of aromatic nitrogens is 2. The lowest BCUT2D eigenvalue weighted by Gasteiger charge is -2.14. The Hall–Kier alpha value is -3.03. The number of nitrogens with two attached hydrogens (primary N) is 1. The second-order valence-electron chi connectivity index (χ2n) is 5.06. The standard InChI is InChI=1S/C16H12F3N3O2/c1-8-11(17)3-2-4-12(8)22-13-7-9(24-15(18)19)5-6-10(13)14(20)21-16(22)23/h2-7,15H,1H3,(H2,20,21,23). The van der Waals surface area contributed by atoms with Gasteiger partial charge in [-0.2, -0.15) is 13.8 Å². The van der Waals surface area contributed by atoms with E-state index in [1.54, 1.807) is 0 Å². The van der Waals surface area contributed by atoms with Crippen molar-refractivity contribution in [3.63, 3.8) is 0 Å². The van der Waals surface area contributed by atoms with Crippen LogP contribution in [0, 0.1) is 12.7 Å². The van der Waals surface area contributed by atoms with Gasteiger partial charge in [0.05, 0.1) is 11.2 Å². The summed E-state index contributed by atoms with van der Waals surface area (Å²) in [5.74, 6) is -0.710. The quantitative estimate of drug-likeness (QED) is 0.799. The van der Waals surface area contributed by atoms with Gasteiger partial charge in [-0.05, 0) is 31.2 Å². The number of nitrogens with zero attached hydrogens (tertiary/aromatic N) is 2. The van der Waals surface area contributed by atoms with Crippen molar-refractivity contribution in [3.05, 3.63) is 58.3 Å². The second-order valence-corrected chi connectivity index (χ2v) is 5.06. The molecule has 0 unspecified atom stereocenters. The van der Waals surface area contributed by atoms with Crippen molar-refractivity contribution in [2.24, 2.45) is 0 Å². The van der Waals surface area contributed by atoms with Crippen LogP contribution >= 0.6 is 0 Å². The number of ether oxygens (including phenoxy) is 1. The van der Waals surface area contributed by atoms with Gasteiger partial charge in [0.1, 0.15) is 17.4 Å². The zero-order valence-corrected chi connectivity index (χ0v) is 12.5. The van der Waals surface area contributed by atoms with E-state index in [-0.39, 0.29) is 28.3 Å². The Morgan fingerprint density at radius 1 is 1.25 bits per heavy atom. The zero-order chi connectivity index (χ0) is 17.4. The molecule has 0 atom stereocenters. The molecule has 3 rings (SSSR count). The van der Waals surface area contributed by atoms with E-state index < -0.39 is 18.1 Å². The summed E-state index contributed by atoms with van der Waals surface area (Å²) in [5.41, 5.74) is 5.64. The fraction of sp³-hybridized carbons (Fsp3) is 0.125. The monoisotopic (exact) mass is 335 g/mol. The molecule has 1 aromatic heterocycles. The normalized spacial score (nSPS) is 11.2. The molecule has 2 aromatic carbocycles. The van der Waals surface area contributed by atoms with Gasteiger partial charge in [0.15, 0.2) is 0 Å². The van der Waals surface area contributed by atoms with Crippen LogP contribution in [0.15, 0.2) is 41.2 Å². The third-order valence-corrected chi connectivity index (χ3v) is 3.60. The molecule has 1 heterocycles. The van der Waals surface area contributed by atoms with Crippen LogP contribution in [0.3, 0.4) is 0 Å². The lowest BCUT2D eigenvalue weighted by atomic mass is 10.1. The van der Waals surface area contributed by atoms with E-state index in [2.05, 4.69) is 9.72 Å². The molecule has 0 aliphatic carbocycles. The fourth-order valence-electron chi connectivity index (χ4n) is 2.48. The maximum atomic E-state index is 13.8. The van der Waals surface area contributed by atoms with Gasteiger partial charge in [-0.1, -0.05) is 6.07 Å². The van der Waals surface area contributed by atoms with E-state index in [1.165, 1.54) is 43.3 Å². The van der Waals surface area contributed by atoms with E-state index in [4.69, 9.17) is 5.73 Å². The molecular formula is C16H12F3N3O2. The lowest BCUT2D eigenvalue weighted by Crippen LogP contribution is -2.24. The van der Waals surface area contributed by atoms with E-state index in [1.807, 2.05) is 0 Å². The van der Waals surface area contributed by atoms with Crippen LogP contribution in [0.25, 0.3) is 16.6 Å². The Labute approximate surface area is 134 Å². The lowest BCUT2D eigenvalue weighted by molar-refractivity contribution is -0.0497. The number of hydrogen-bond acceptors (Lipinski definition) is 4. The first-order valence-electron chi connectivity index (χ1n) is 6.91. The van der Waals surface area contributed by atoms with Crippen LogP contribution in [0.1, 0.15) is 5.56 Å². The number of nitrogen functional groups attached to an aromatic ring is 1. The van der Waals surface area contributed by atoms with Crippen molar-refractivity contribution in [2.75, 3.05) is 5.73 Å². The molecule has 0 bridgehead atoms. The fourth-order valence-corrected chi connectivity index (χ4v) is 2.48. The predicted octanol–water partition coefficient (Wildman–Crippen LogP) is 3.02. The highest BCUT2D eigenvalue weighted by molar-refractivity contribution is 5.90. The second kappa shape index (κ2) is 5.88. The third-order valence-electron chi connectivity index (χ3n) is 3.60. The molecule has 0 spiro atoms. The van der Waals surface area contributed by atoms with Crippen LogP contribution in [-0.2, 0) is 0 Å². The first-order valence-corrected chi connectivity index (χ1v) is 6.91.